The Labute approximate surface area is 168 Å². The maximum atomic E-state index is 11.5. The Morgan fingerprint density at radius 1 is 1.24 bits per heavy atom. The molecular weight excluding hydrogens is 455 g/mol. The lowest BCUT2D eigenvalue weighted by Gasteiger charge is -2.08. The third-order valence-corrected chi connectivity index (χ3v) is 3.59. The number of nitrogens with one attached hydrogen (secondary N) is 2. The highest BCUT2D eigenvalue weighted by Gasteiger charge is 2.04. The SMILES string of the molecule is CNC(=O)c1ccc(CN=C(N)Nc2ccc(OC)c(Cl)c2)cc1.I. The van der Waals surface area contributed by atoms with Gasteiger partial charge in [-0.25, -0.2) is 4.99 Å². The van der Waals surface area contributed by atoms with Crippen LogP contribution < -0.4 is 21.1 Å². The van der Waals surface area contributed by atoms with Crippen molar-refractivity contribution >= 4 is 53.1 Å². The molecule has 0 aromatic heterocycles. The van der Waals surface area contributed by atoms with E-state index in [1.807, 2.05) is 12.1 Å². The van der Waals surface area contributed by atoms with Crippen molar-refractivity contribution in [2.75, 3.05) is 19.5 Å². The fraction of sp³-hybridized carbons (Fsp3) is 0.176. The van der Waals surface area contributed by atoms with Crippen LogP contribution in [0.5, 0.6) is 5.75 Å². The number of nitrogens with two attached hydrogens (primary N) is 1. The molecule has 0 aliphatic rings. The minimum Gasteiger partial charge on any atom is -0.495 e. The summed E-state index contributed by atoms with van der Waals surface area (Å²) in [5, 5.41) is 6.03. The van der Waals surface area contributed by atoms with Crippen LogP contribution in [0.3, 0.4) is 0 Å². The molecule has 0 fully saturated rings. The molecule has 0 aliphatic heterocycles. The van der Waals surface area contributed by atoms with Gasteiger partial charge in [0.15, 0.2) is 5.96 Å². The van der Waals surface area contributed by atoms with Crippen molar-refractivity contribution in [3.63, 3.8) is 0 Å². The number of hydrogen-bond acceptors (Lipinski definition) is 3. The van der Waals surface area contributed by atoms with Crippen LogP contribution >= 0.6 is 35.6 Å². The van der Waals surface area contributed by atoms with E-state index in [1.165, 1.54) is 0 Å². The minimum absolute atomic E-state index is 0. The summed E-state index contributed by atoms with van der Waals surface area (Å²) in [6.45, 7) is 0.400. The summed E-state index contributed by atoms with van der Waals surface area (Å²) in [6.07, 6.45) is 0. The first-order chi connectivity index (χ1) is 11.5. The standard InChI is InChI=1S/C17H19ClN4O2.HI/c1-20-16(23)12-5-3-11(4-6-12)10-21-17(19)22-13-7-8-15(24-2)14(18)9-13;/h3-9H,10H2,1-2H3,(H,20,23)(H3,19,21,22);1H. The average Bonchev–Trinajstić information content (AvgIpc) is 2.60. The fourth-order valence-electron chi connectivity index (χ4n) is 2.01. The van der Waals surface area contributed by atoms with Crippen molar-refractivity contribution in [1.82, 2.24) is 5.32 Å². The lowest BCUT2D eigenvalue weighted by Crippen LogP contribution is -2.22. The monoisotopic (exact) mass is 474 g/mol. The predicted molar refractivity (Wildman–Crippen MR) is 112 cm³/mol. The highest BCUT2D eigenvalue weighted by molar-refractivity contribution is 14.0. The van der Waals surface area contributed by atoms with Crippen molar-refractivity contribution in [2.24, 2.45) is 10.7 Å². The second-order valence-electron chi connectivity index (χ2n) is 4.95. The molecule has 0 spiro atoms. The summed E-state index contributed by atoms with van der Waals surface area (Å²) < 4.78 is 5.10. The zero-order chi connectivity index (χ0) is 17.5. The molecule has 0 heterocycles. The zero-order valence-corrected chi connectivity index (χ0v) is 17.0. The fourth-order valence-corrected chi connectivity index (χ4v) is 2.27. The van der Waals surface area contributed by atoms with Gasteiger partial charge in [-0.2, -0.15) is 0 Å². The molecule has 0 saturated carbocycles. The number of anilines is 1. The summed E-state index contributed by atoms with van der Waals surface area (Å²) in [6, 6.07) is 12.4. The second-order valence-corrected chi connectivity index (χ2v) is 5.36. The van der Waals surface area contributed by atoms with E-state index in [0.29, 0.717) is 22.9 Å². The molecule has 4 N–H and O–H groups in total. The number of carbonyl (C=O) groups excluding carboxylic acids is 1. The lowest BCUT2D eigenvalue weighted by atomic mass is 10.1. The summed E-state index contributed by atoms with van der Waals surface area (Å²) in [4.78, 5) is 15.7. The lowest BCUT2D eigenvalue weighted by molar-refractivity contribution is 0.0963. The number of hydrogen-bond donors (Lipinski definition) is 3. The van der Waals surface area contributed by atoms with Gasteiger partial charge >= 0.3 is 0 Å². The van der Waals surface area contributed by atoms with E-state index < -0.39 is 0 Å². The van der Waals surface area contributed by atoms with Crippen LogP contribution in [0.1, 0.15) is 15.9 Å². The molecule has 0 aliphatic carbocycles. The Morgan fingerprint density at radius 2 is 1.92 bits per heavy atom. The topological polar surface area (TPSA) is 88.7 Å². The molecule has 0 bridgehead atoms. The van der Waals surface area contributed by atoms with E-state index in [-0.39, 0.29) is 35.8 Å². The van der Waals surface area contributed by atoms with Gasteiger partial charge < -0.3 is 21.1 Å². The number of nitrogens with zero attached hydrogens (tertiary/aromatic N) is 1. The molecule has 0 unspecified atom stereocenters. The van der Waals surface area contributed by atoms with Crippen molar-refractivity contribution in [3.05, 3.63) is 58.6 Å². The Kier molecular flexibility index (Phi) is 8.50. The highest BCUT2D eigenvalue weighted by atomic mass is 127. The maximum Gasteiger partial charge on any atom is 0.251 e. The maximum absolute atomic E-state index is 11.5. The Bertz CT molecular complexity index is 751. The number of aliphatic imine (C=N–C) groups is 1. The molecule has 6 nitrogen and oxygen atoms in total. The number of ether oxygens (including phenoxy) is 1. The number of rotatable bonds is 5. The van der Waals surface area contributed by atoms with Crippen molar-refractivity contribution < 1.29 is 9.53 Å². The van der Waals surface area contributed by atoms with Crippen molar-refractivity contribution in [2.45, 2.75) is 6.54 Å². The summed E-state index contributed by atoms with van der Waals surface area (Å²) in [5.74, 6) is 0.739. The average molecular weight is 475 g/mol. The molecule has 8 heteroatoms. The molecule has 0 radical (unpaired) electrons. The van der Waals surface area contributed by atoms with Gasteiger partial charge in [0, 0.05) is 18.3 Å². The van der Waals surface area contributed by atoms with E-state index in [0.717, 1.165) is 11.3 Å². The first-order valence-corrected chi connectivity index (χ1v) is 7.62. The van der Waals surface area contributed by atoms with E-state index in [4.69, 9.17) is 22.1 Å². The molecule has 1 amide bonds. The van der Waals surface area contributed by atoms with Gasteiger partial charge in [0.25, 0.3) is 5.91 Å². The van der Waals surface area contributed by atoms with Gasteiger partial charge in [-0.1, -0.05) is 23.7 Å². The van der Waals surface area contributed by atoms with Crippen LogP contribution in [-0.2, 0) is 6.54 Å². The minimum atomic E-state index is -0.123. The predicted octanol–water partition coefficient (Wildman–Crippen LogP) is 3.25. The van der Waals surface area contributed by atoms with Crippen LogP contribution in [0.25, 0.3) is 0 Å². The molecule has 2 aromatic carbocycles. The Hall–Kier alpha value is -2.00. The molecule has 25 heavy (non-hydrogen) atoms. The number of carbonyl (C=O) groups is 1. The van der Waals surface area contributed by atoms with Crippen molar-refractivity contribution in [3.8, 4) is 5.75 Å². The second kappa shape index (κ2) is 10.1. The van der Waals surface area contributed by atoms with Crippen LogP contribution in [-0.4, -0.2) is 26.0 Å². The van der Waals surface area contributed by atoms with Crippen LogP contribution in [0.4, 0.5) is 5.69 Å². The number of benzene rings is 2. The normalized spacial score (nSPS) is 10.6. The van der Waals surface area contributed by atoms with Crippen LogP contribution in [0.15, 0.2) is 47.5 Å². The summed E-state index contributed by atoms with van der Waals surface area (Å²) in [5.41, 5.74) is 8.14. The van der Waals surface area contributed by atoms with E-state index in [9.17, 15) is 4.79 Å². The molecule has 0 saturated heterocycles. The van der Waals surface area contributed by atoms with E-state index in [1.54, 1.807) is 44.5 Å². The summed E-state index contributed by atoms with van der Waals surface area (Å²) >= 11 is 6.06. The molecular formula is C17H20ClIN4O2. The molecule has 2 rings (SSSR count). The largest absolute Gasteiger partial charge is 0.495 e. The van der Waals surface area contributed by atoms with Gasteiger partial charge in [0.05, 0.1) is 18.7 Å². The van der Waals surface area contributed by atoms with E-state index in [2.05, 4.69) is 15.6 Å². The molecule has 2 aromatic rings. The highest BCUT2D eigenvalue weighted by Crippen LogP contribution is 2.27. The Balaban J connectivity index is 0.00000312. The smallest absolute Gasteiger partial charge is 0.251 e. The molecule has 134 valence electrons. The third-order valence-electron chi connectivity index (χ3n) is 3.30. The number of halogens is 2. The zero-order valence-electron chi connectivity index (χ0n) is 13.9. The first-order valence-electron chi connectivity index (χ1n) is 7.25. The number of guanidine groups is 1. The Morgan fingerprint density at radius 3 is 2.48 bits per heavy atom. The van der Waals surface area contributed by atoms with Gasteiger partial charge in [-0.15, -0.1) is 24.0 Å². The van der Waals surface area contributed by atoms with Crippen LogP contribution in [0, 0.1) is 0 Å². The summed E-state index contributed by atoms with van der Waals surface area (Å²) in [7, 11) is 3.15. The van der Waals surface area contributed by atoms with Crippen LogP contribution in [0.2, 0.25) is 5.02 Å². The van der Waals surface area contributed by atoms with Crippen molar-refractivity contribution in [1.29, 1.82) is 0 Å². The van der Waals surface area contributed by atoms with Gasteiger partial charge in [0.2, 0.25) is 0 Å². The molecule has 0 atom stereocenters. The first kappa shape index (κ1) is 21.0. The number of amides is 1. The van der Waals surface area contributed by atoms with E-state index >= 15 is 0 Å². The van der Waals surface area contributed by atoms with Gasteiger partial charge in [-0.05, 0) is 35.9 Å². The van der Waals surface area contributed by atoms with Gasteiger partial charge in [-0.3, -0.25) is 4.79 Å². The number of methoxy groups -OCH3 is 1. The third kappa shape index (κ3) is 6.09. The van der Waals surface area contributed by atoms with Gasteiger partial charge in [0.1, 0.15) is 5.75 Å². The quantitative estimate of drug-likeness (QED) is 0.353.